The molecule has 1 aromatic carbocycles. The van der Waals surface area contributed by atoms with Crippen molar-refractivity contribution >= 4 is 39.1 Å². The highest BCUT2D eigenvalue weighted by molar-refractivity contribution is 9.10. The Labute approximate surface area is 154 Å². The van der Waals surface area contributed by atoms with E-state index in [1.165, 1.54) is 0 Å². The monoisotopic (exact) mass is 406 g/mol. The normalized spacial score (nSPS) is 12.0. The fraction of sp³-hybridized carbons (Fsp3) is 0.111. The predicted molar refractivity (Wildman–Crippen MR) is 100 cm³/mol. The van der Waals surface area contributed by atoms with Gasteiger partial charge in [-0.15, -0.1) is 0 Å². The average molecular weight is 408 g/mol. The van der Waals surface area contributed by atoms with Crippen LogP contribution in [0, 0.1) is 0 Å². The van der Waals surface area contributed by atoms with E-state index < -0.39 is 0 Å². The molecule has 4 nitrogen and oxygen atoms in total. The SMILES string of the molecule is C/C=C(\C=C(/C)Cl)C(=O)Nc1cc(Br)cc(Oc2cccnc2)c1. The minimum absolute atomic E-state index is 0.247. The van der Waals surface area contributed by atoms with Crippen LogP contribution in [0.3, 0.4) is 0 Å². The van der Waals surface area contributed by atoms with Crippen molar-refractivity contribution in [1.29, 1.82) is 0 Å². The molecule has 1 heterocycles. The maximum atomic E-state index is 12.3. The van der Waals surface area contributed by atoms with Gasteiger partial charge in [0.15, 0.2) is 0 Å². The number of amides is 1. The van der Waals surface area contributed by atoms with Gasteiger partial charge in [-0.3, -0.25) is 9.78 Å². The van der Waals surface area contributed by atoms with Crippen molar-refractivity contribution in [3.05, 3.63) is 70.0 Å². The van der Waals surface area contributed by atoms with Crippen molar-refractivity contribution in [3.8, 4) is 11.5 Å². The van der Waals surface area contributed by atoms with Crippen LogP contribution in [-0.2, 0) is 4.79 Å². The molecule has 1 amide bonds. The zero-order valence-corrected chi connectivity index (χ0v) is 15.6. The van der Waals surface area contributed by atoms with Crippen LogP contribution in [0.25, 0.3) is 0 Å². The maximum Gasteiger partial charge on any atom is 0.255 e. The Kier molecular flexibility index (Phi) is 6.58. The summed E-state index contributed by atoms with van der Waals surface area (Å²) < 4.78 is 6.52. The topological polar surface area (TPSA) is 51.2 Å². The number of nitrogens with one attached hydrogen (secondary N) is 1. The van der Waals surface area contributed by atoms with Gasteiger partial charge < -0.3 is 10.1 Å². The van der Waals surface area contributed by atoms with E-state index in [0.29, 0.717) is 27.8 Å². The number of ether oxygens (including phenoxy) is 1. The first-order valence-corrected chi connectivity index (χ1v) is 8.35. The Morgan fingerprint density at radius 3 is 2.75 bits per heavy atom. The largest absolute Gasteiger partial charge is 0.456 e. The van der Waals surface area contributed by atoms with Crippen molar-refractivity contribution in [2.24, 2.45) is 0 Å². The first-order chi connectivity index (χ1) is 11.5. The van der Waals surface area contributed by atoms with Gasteiger partial charge in [0.25, 0.3) is 5.91 Å². The summed E-state index contributed by atoms with van der Waals surface area (Å²) in [4.78, 5) is 16.3. The summed E-state index contributed by atoms with van der Waals surface area (Å²) in [5, 5.41) is 3.36. The van der Waals surface area contributed by atoms with E-state index in [-0.39, 0.29) is 5.91 Å². The highest BCUT2D eigenvalue weighted by Gasteiger charge is 2.09. The van der Waals surface area contributed by atoms with Crippen LogP contribution >= 0.6 is 27.5 Å². The molecule has 0 unspecified atom stereocenters. The smallest absolute Gasteiger partial charge is 0.255 e. The van der Waals surface area contributed by atoms with E-state index in [0.717, 1.165) is 4.47 Å². The van der Waals surface area contributed by atoms with Crippen LogP contribution in [-0.4, -0.2) is 10.9 Å². The molecule has 0 bridgehead atoms. The Balaban J connectivity index is 2.19. The summed E-state index contributed by atoms with van der Waals surface area (Å²) in [7, 11) is 0. The second kappa shape index (κ2) is 8.66. The molecule has 0 aliphatic carbocycles. The number of anilines is 1. The third kappa shape index (κ3) is 5.51. The van der Waals surface area contributed by atoms with Crippen LogP contribution < -0.4 is 10.1 Å². The van der Waals surface area contributed by atoms with Crippen LogP contribution in [0.1, 0.15) is 13.8 Å². The molecule has 0 aliphatic rings. The zero-order chi connectivity index (χ0) is 17.5. The van der Waals surface area contributed by atoms with E-state index in [1.54, 1.807) is 62.7 Å². The molecule has 6 heteroatoms. The lowest BCUT2D eigenvalue weighted by Gasteiger charge is -2.10. The molecule has 1 N–H and O–H groups in total. The molecule has 0 aliphatic heterocycles. The lowest BCUT2D eigenvalue weighted by Crippen LogP contribution is -2.13. The number of halogens is 2. The number of rotatable bonds is 5. The van der Waals surface area contributed by atoms with Crippen LogP contribution in [0.2, 0.25) is 0 Å². The summed E-state index contributed by atoms with van der Waals surface area (Å²) in [5.74, 6) is 0.949. The molecular weight excluding hydrogens is 392 g/mol. The molecule has 0 fully saturated rings. The average Bonchev–Trinajstić information content (AvgIpc) is 2.52. The minimum Gasteiger partial charge on any atom is -0.456 e. The van der Waals surface area contributed by atoms with Crippen molar-refractivity contribution in [2.45, 2.75) is 13.8 Å². The molecule has 0 atom stereocenters. The molecule has 0 spiro atoms. The maximum absolute atomic E-state index is 12.3. The zero-order valence-electron chi connectivity index (χ0n) is 13.2. The van der Waals surface area contributed by atoms with Gasteiger partial charge in [0.05, 0.1) is 6.20 Å². The minimum atomic E-state index is -0.247. The van der Waals surface area contributed by atoms with Gasteiger partial charge in [0.2, 0.25) is 0 Å². The number of nitrogens with zero attached hydrogens (tertiary/aromatic N) is 1. The van der Waals surface area contributed by atoms with Gasteiger partial charge in [-0.05, 0) is 44.2 Å². The fourth-order valence-corrected chi connectivity index (χ4v) is 2.52. The number of carbonyl (C=O) groups excluding carboxylic acids is 1. The van der Waals surface area contributed by atoms with Crippen LogP contribution in [0.5, 0.6) is 11.5 Å². The number of hydrogen-bond donors (Lipinski definition) is 1. The summed E-state index contributed by atoms with van der Waals surface area (Å²) in [6.07, 6.45) is 6.60. The van der Waals surface area contributed by atoms with Gasteiger partial charge in [0.1, 0.15) is 11.5 Å². The van der Waals surface area contributed by atoms with Gasteiger partial charge in [0, 0.05) is 33.0 Å². The summed E-state index contributed by atoms with van der Waals surface area (Å²) >= 11 is 9.26. The summed E-state index contributed by atoms with van der Waals surface area (Å²) in [6, 6.07) is 8.92. The Hall–Kier alpha value is -2.11. The quantitative estimate of drug-likeness (QED) is 0.513. The van der Waals surface area contributed by atoms with E-state index in [4.69, 9.17) is 16.3 Å². The van der Waals surface area contributed by atoms with E-state index in [2.05, 4.69) is 26.2 Å². The van der Waals surface area contributed by atoms with Crippen molar-refractivity contribution in [2.75, 3.05) is 5.32 Å². The van der Waals surface area contributed by atoms with Crippen LogP contribution in [0.15, 0.2) is 70.0 Å². The Morgan fingerprint density at radius 1 is 1.33 bits per heavy atom. The molecule has 24 heavy (non-hydrogen) atoms. The summed E-state index contributed by atoms with van der Waals surface area (Å²) in [6.45, 7) is 3.50. The van der Waals surface area contributed by atoms with Crippen molar-refractivity contribution in [1.82, 2.24) is 4.98 Å². The molecule has 0 saturated carbocycles. The second-order valence-electron chi connectivity index (χ2n) is 4.90. The van der Waals surface area contributed by atoms with Gasteiger partial charge in [-0.25, -0.2) is 0 Å². The Bertz CT molecular complexity index is 785. The number of carbonyl (C=O) groups is 1. The molecule has 0 saturated heterocycles. The van der Waals surface area contributed by atoms with Crippen molar-refractivity contribution in [3.63, 3.8) is 0 Å². The third-order valence-corrected chi connectivity index (χ3v) is 3.49. The fourth-order valence-electron chi connectivity index (χ4n) is 1.93. The first kappa shape index (κ1) is 18.2. The Morgan fingerprint density at radius 2 is 2.12 bits per heavy atom. The van der Waals surface area contributed by atoms with E-state index in [9.17, 15) is 4.79 Å². The summed E-state index contributed by atoms with van der Waals surface area (Å²) in [5.41, 5.74) is 1.09. The number of aromatic nitrogens is 1. The molecule has 124 valence electrons. The number of benzene rings is 1. The first-order valence-electron chi connectivity index (χ1n) is 7.18. The lowest BCUT2D eigenvalue weighted by atomic mass is 10.2. The molecule has 2 rings (SSSR count). The second-order valence-corrected chi connectivity index (χ2v) is 6.41. The third-order valence-electron chi connectivity index (χ3n) is 2.93. The molecular formula is C18H16BrClN2O2. The van der Waals surface area contributed by atoms with E-state index in [1.807, 2.05) is 6.07 Å². The highest BCUT2D eigenvalue weighted by atomic mass is 79.9. The molecule has 1 aromatic heterocycles. The van der Waals surface area contributed by atoms with E-state index >= 15 is 0 Å². The number of hydrogen-bond acceptors (Lipinski definition) is 3. The predicted octanol–water partition coefficient (Wildman–Crippen LogP) is 5.66. The molecule has 0 radical (unpaired) electrons. The number of pyridine rings is 1. The lowest BCUT2D eigenvalue weighted by molar-refractivity contribution is -0.112. The van der Waals surface area contributed by atoms with Crippen molar-refractivity contribution < 1.29 is 9.53 Å². The van der Waals surface area contributed by atoms with Gasteiger partial charge >= 0.3 is 0 Å². The molecule has 2 aromatic rings. The van der Waals surface area contributed by atoms with Crippen LogP contribution in [0.4, 0.5) is 5.69 Å². The highest BCUT2D eigenvalue weighted by Crippen LogP contribution is 2.28. The van der Waals surface area contributed by atoms with Gasteiger partial charge in [-0.1, -0.05) is 33.6 Å². The number of allylic oxidation sites excluding steroid dienone is 2. The standard InChI is InChI=1S/C18H16BrClN2O2/c1-3-13(7-12(2)20)18(23)22-15-8-14(19)9-17(10-15)24-16-5-4-6-21-11-16/h3-11H,1-2H3,(H,22,23)/b12-7+,13-3+. The van der Waals surface area contributed by atoms with Gasteiger partial charge in [-0.2, -0.15) is 0 Å².